The summed E-state index contributed by atoms with van der Waals surface area (Å²) in [5.41, 5.74) is 5.57. The van der Waals surface area contributed by atoms with E-state index in [2.05, 4.69) is 35.4 Å². The maximum atomic E-state index is 3.44. The molecule has 2 heterocycles. The monoisotopic (exact) mass is 200 g/mol. The number of benzene rings is 1. The fraction of sp³-hybridized carbons (Fsp3) is 0.385. The Bertz CT molecular complexity index is 453. The Morgan fingerprint density at radius 1 is 1.00 bits per heavy atom. The van der Waals surface area contributed by atoms with Crippen LogP contribution in [0.4, 0.5) is 0 Å². The zero-order chi connectivity index (χ0) is 10.3. The summed E-state index contributed by atoms with van der Waals surface area (Å²) in [7, 11) is 0. The predicted octanol–water partition coefficient (Wildman–Crippen LogP) is 2.16. The fourth-order valence-electron chi connectivity index (χ4n) is 2.45. The fourth-order valence-corrected chi connectivity index (χ4v) is 2.45. The van der Waals surface area contributed by atoms with Crippen LogP contribution in [0.2, 0.25) is 0 Å². The molecule has 1 aliphatic rings. The molecular formula is C13H16N2. The van der Waals surface area contributed by atoms with Gasteiger partial charge in [-0.1, -0.05) is 0 Å². The third-order valence-electron chi connectivity index (χ3n) is 3.22. The van der Waals surface area contributed by atoms with Crippen molar-refractivity contribution in [3.63, 3.8) is 0 Å². The number of H-pyrrole nitrogens is 1. The number of rotatable bonds is 0. The first-order chi connectivity index (χ1) is 7.33. The summed E-state index contributed by atoms with van der Waals surface area (Å²) in [5, 5.41) is 4.80. The lowest BCUT2D eigenvalue weighted by Gasteiger charge is -2.04. The van der Waals surface area contributed by atoms with Crippen molar-refractivity contribution in [2.75, 3.05) is 13.1 Å². The Balaban J connectivity index is 2.19. The van der Waals surface area contributed by atoms with Crippen LogP contribution < -0.4 is 5.32 Å². The Morgan fingerprint density at radius 3 is 2.53 bits per heavy atom. The minimum absolute atomic E-state index is 1.11. The molecule has 0 fully saturated rings. The van der Waals surface area contributed by atoms with Gasteiger partial charge in [-0.15, -0.1) is 0 Å². The van der Waals surface area contributed by atoms with E-state index >= 15 is 0 Å². The van der Waals surface area contributed by atoms with Crippen molar-refractivity contribution >= 4 is 10.9 Å². The van der Waals surface area contributed by atoms with Gasteiger partial charge in [-0.25, -0.2) is 0 Å². The Hall–Kier alpha value is -1.28. The quantitative estimate of drug-likeness (QED) is 0.670. The van der Waals surface area contributed by atoms with Gasteiger partial charge in [-0.05, 0) is 67.6 Å². The molecule has 1 aromatic heterocycles. The van der Waals surface area contributed by atoms with Crippen LogP contribution in [0.15, 0.2) is 18.2 Å². The molecule has 3 rings (SSSR count). The van der Waals surface area contributed by atoms with Crippen molar-refractivity contribution in [1.82, 2.24) is 10.3 Å². The van der Waals surface area contributed by atoms with Gasteiger partial charge in [0, 0.05) is 11.2 Å². The molecule has 0 spiro atoms. The maximum absolute atomic E-state index is 3.44. The van der Waals surface area contributed by atoms with Crippen LogP contribution in [0.1, 0.15) is 16.8 Å². The smallest absolute Gasteiger partial charge is 0.0458 e. The number of aromatic nitrogens is 1. The first-order valence-corrected chi connectivity index (χ1v) is 5.65. The number of aryl methyl sites for hydroxylation is 1. The molecule has 2 nitrogen and oxygen atoms in total. The molecule has 1 aliphatic heterocycles. The van der Waals surface area contributed by atoms with Gasteiger partial charge < -0.3 is 10.3 Å². The predicted molar refractivity (Wildman–Crippen MR) is 63.3 cm³/mol. The van der Waals surface area contributed by atoms with Crippen LogP contribution >= 0.6 is 0 Å². The molecular weight excluding hydrogens is 184 g/mol. The van der Waals surface area contributed by atoms with Crippen molar-refractivity contribution in [3.05, 3.63) is 35.0 Å². The molecule has 0 unspecified atom stereocenters. The van der Waals surface area contributed by atoms with Gasteiger partial charge in [0.15, 0.2) is 0 Å². The van der Waals surface area contributed by atoms with Crippen molar-refractivity contribution in [3.8, 4) is 0 Å². The van der Waals surface area contributed by atoms with Crippen LogP contribution in [-0.4, -0.2) is 18.1 Å². The van der Waals surface area contributed by atoms with Crippen LogP contribution in [-0.2, 0) is 12.8 Å². The minimum Gasteiger partial charge on any atom is -0.359 e. The molecule has 0 bridgehead atoms. The summed E-state index contributed by atoms with van der Waals surface area (Å²) in [6, 6.07) is 6.90. The standard InChI is InChI=1S/C13H16N2/c1-9-6-12-7-10-2-4-14-5-3-11(10)8-13(12)15-9/h6-8,14-15H,2-5H2,1H3. The molecule has 0 amide bonds. The van der Waals surface area contributed by atoms with E-state index in [1.807, 2.05) is 0 Å². The van der Waals surface area contributed by atoms with Gasteiger partial charge in [0.05, 0.1) is 0 Å². The second-order valence-electron chi connectivity index (χ2n) is 4.41. The second-order valence-corrected chi connectivity index (χ2v) is 4.41. The van der Waals surface area contributed by atoms with Crippen LogP contribution in [0.25, 0.3) is 10.9 Å². The van der Waals surface area contributed by atoms with E-state index in [0.29, 0.717) is 0 Å². The van der Waals surface area contributed by atoms with Crippen LogP contribution in [0.3, 0.4) is 0 Å². The summed E-state index contributed by atoms with van der Waals surface area (Å²) >= 11 is 0. The lowest BCUT2D eigenvalue weighted by Crippen LogP contribution is -2.16. The summed E-state index contributed by atoms with van der Waals surface area (Å²) in [6.07, 6.45) is 2.32. The van der Waals surface area contributed by atoms with Crippen molar-refractivity contribution in [2.45, 2.75) is 19.8 Å². The maximum Gasteiger partial charge on any atom is 0.0458 e. The molecule has 15 heavy (non-hydrogen) atoms. The summed E-state index contributed by atoms with van der Waals surface area (Å²) < 4.78 is 0. The van der Waals surface area contributed by atoms with Gasteiger partial charge in [0.25, 0.3) is 0 Å². The highest BCUT2D eigenvalue weighted by Gasteiger charge is 2.09. The van der Waals surface area contributed by atoms with E-state index in [1.54, 1.807) is 0 Å². The molecule has 0 saturated heterocycles. The van der Waals surface area contributed by atoms with Gasteiger partial charge in [-0.2, -0.15) is 0 Å². The molecule has 1 aromatic carbocycles. The normalized spacial score (nSPS) is 16.3. The summed E-state index contributed by atoms with van der Waals surface area (Å²) in [5.74, 6) is 0. The molecule has 78 valence electrons. The molecule has 2 heteroatoms. The van der Waals surface area contributed by atoms with E-state index < -0.39 is 0 Å². The zero-order valence-electron chi connectivity index (χ0n) is 9.06. The van der Waals surface area contributed by atoms with Crippen LogP contribution in [0, 0.1) is 6.92 Å². The van der Waals surface area contributed by atoms with E-state index in [4.69, 9.17) is 0 Å². The molecule has 0 radical (unpaired) electrons. The van der Waals surface area contributed by atoms with Crippen molar-refractivity contribution in [2.24, 2.45) is 0 Å². The highest BCUT2D eigenvalue weighted by molar-refractivity contribution is 5.82. The first-order valence-electron chi connectivity index (χ1n) is 5.65. The lowest BCUT2D eigenvalue weighted by molar-refractivity contribution is 0.711. The molecule has 0 atom stereocenters. The van der Waals surface area contributed by atoms with Gasteiger partial charge >= 0.3 is 0 Å². The third-order valence-corrected chi connectivity index (χ3v) is 3.22. The first kappa shape index (κ1) is 8.98. The number of hydrogen-bond donors (Lipinski definition) is 2. The van der Waals surface area contributed by atoms with E-state index in [1.165, 1.54) is 27.7 Å². The molecule has 2 aromatic rings. The van der Waals surface area contributed by atoms with Crippen molar-refractivity contribution in [1.29, 1.82) is 0 Å². The highest BCUT2D eigenvalue weighted by Crippen LogP contribution is 2.22. The number of nitrogens with one attached hydrogen (secondary N) is 2. The largest absolute Gasteiger partial charge is 0.359 e. The number of aromatic amines is 1. The SMILES string of the molecule is Cc1cc2cc3c(cc2[nH]1)CCNCC3. The Labute approximate surface area is 89.7 Å². The number of fused-ring (bicyclic) bond motifs is 2. The highest BCUT2D eigenvalue weighted by atomic mass is 14.8. The van der Waals surface area contributed by atoms with Crippen LogP contribution in [0.5, 0.6) is 0 Å². The van der Waals surface area contributed by atoms with Gasteiger partial charge in [0.1, 0.15) is 0 Å². The average Bonchev–Trinajstić information content (AvgIpc) is 2.44. The van der Waals surface area contributed by atoms with E-state index in [9.17, 15) is 0 Å². The van der Waals surface area contributed by atoms with Crippen molar-refractivity contribution < 1.29 is 0 Å². The van der Waals surface area contributed by atoms with E-state index in [-0.39, 0.29) is 0 Å². The third kappa shape index (κ3) is 1.55. The van der Waals surface area contributed by atoms with E-state index in [0.717, 1.165) is 25.9 Å². The number of hydrogen-bond acceptors (Lipinski definition) is 1. The molecule has 0 saturated carbocycles. The zero-order valence-corrected chi connectivity index (χ0v) is 9.06. The average molecular weight is 200 g/mol. The second kappa shape index (κ2) is 3.38. The Kier molecular flexibility index (Phi) is 2.03. The summed E-state index contributed by atoms with van der Waals surface area (Å²) in [4.78, 5) is 3.41. The van der Waals surface area contributed by atoms with Gasteiger partial charge in [-0.3, -0.25) is 0 Å². The Morgan fingerprint density at radius 2 is 1.73 bits per heavy atom. The summed E-state index contributed by atoms with van der Waals surface area (Å²) in [6.45, 7) is 4.34. The lowest BCUT2D eigenvalue weighted by atomic mass is 10.0. The topological polar surface area (TPSA) is 27.8 Å². The molecule has 0 aliphatic carbocycles. The minimum atomic E-state index is 1.11. The van der Waals surface area contributed by atoms with Gasteiger partial charge in [0.2, 0.25) is 0 Å². The molecule has 2 N–H and O–H groups in total.